The molecule has 236 valence electrons. The molecule has 0 unspecified atom stereocenters. The van der Waals surface area contributed by atoms with Crippen molar-refractivity contribution in [3.05, 3.63) is 150 Å². The van der Waals surface area contributed by atoms with E-state index in [9.17, 15) is 9.90 Å². The maximum absolute atomic E-state index is 12.9. The van der Waals surface area contributed by atoms with Crippen LogP contribution >= 0.6 is 0 Å². The van der Waals surface area contributed by atoms with Crippen LogP contribution in [-0.2, 0) is 22.6 Å². The molecule has 1 aliphatic rings. The number of fused-ring (bicyclic) bond motifs is 1. The summed E-state index contributed by atoms with van der Waals surface area (Å²) in [5, 5.41) is 15.3. The fraction of sp³-hybridized carbons (Fsp3) is 0.158. The van der Waals surface area contributed by atoms with Gasteiger partial charge in [0.15, 0.2) is 6.29 Å². The number of anilines is 2. The van der Waals surface area contributed by atoms with Gasteiger partial charge in [0.05, 0.1) is 42.7 Å². The number of hydrogen-bond donors (Lipinski definition) is 3. The van der Waals surface area contributed by atoms with Gasteiger partial charge >= 0.3 is 6.03 Å². The van der Waals surface area contributed by atoms with Crippen molar-refractivity contribution >= 4 is 28.4 Å². The molecule has 1 fully saturated rings. The number of benzene rings is 5. The highest BCUT2D eigenvalue weighted by molar-refractivity contribution is 5.99. The summed E-state index contributed by atoms with van der Waals surface area (Å²) in [5.74, 6) is 1.41. The van der Waals surface area contributed by atoms with Crippen LogP contribution in [0, 0.1) is 0 Å². The smallest absolute Gasteiger partial charge is 0.323 e. The van der Waals surface area contributed by atoms with Gasteiger partial charge in [-0.05, 0) is 71.8 Å². The molecule has 1 saturated heterocycles. The van der Waals surface area contributed by atoms with Gasteiger partial charge in [0, 0.05) is 23.4 Å². The van der Waals surface area contributed by atoms with Gasteiger partial charge in [-0.1, -0.05) is 66.7 Å². The molecular weight excluding hydrogens is 592 g/mol. The van der Waals surface area contributed by atoms with Crippen molar-refractivity contribution in [3.63, 3.8) is 0 Å². The Balaban J connectivity index is 1.05. The molecule has 6 aromatic rings. The number of aromatic nitrogens is 2. The molecule has 7 rings (SSSR count). The second kappa shape index (κ2) is 13.9. The van der Waals surface area contributed by atoms with Gasteiger partial charge < -0.3 is 34.5 Å². The highest BCUT2D eigenvalue weighted by atomic mass is 16.7. The van der Waals surface area contributed by atoms with Crippen LogP contribution in [0.2, 0.25) is 0 Å². The van der Waals surface area contributed by atoms with Crippen molar-refractivity contribution < 1.29 is 24.1 Å². The predicted molar refractivity (Wildman–Crippen MR) is 180 cm³/mol. The minimum Gasteiger partial charge on any atom is -0.457 e. The summed E-state index contributed by atoms with van der Waals surface area (Å²) < 4.78 is 21.0. The summed E-state index contributed by atoms with van der Waals surface area (Å²) in [6.45, 7) is 0.580. The molecule has 3 N–H and O–H groups in total. The van der Waals surface area contributed by atoms with E-state index < -0.39 is 6.29 Å². The Hall–Kier alpha value is -5.48. The number of urea groups is 1. The van der Waals surface area contributed by atoms with Crippen LogP contribution in [0.4, 0.5) is 16.2 Å². The number of aliphatic hydroxyl groups is 1. The third-order valence-electron chi connectivity index (χ3n) is 8.05. The van der Waals surface area contributed by atoms with Gasteiger partial charge in [0.1, 0.15) is 11.5 Å². The number of rotatable bonds is 9. The van der Waals surface area contributed by atoms with Crippen molar-refractivity contribution in [2.75, 3.05) is 10.6 Å². The lowest BCUT2D eigenvalue weighted by molar-refractivity contribution is -0.252. The summed E-state index contributed by atoms with van der Waals surface area (Å²) in [6.07, 6.45) is 1.39. The molecule has 0 spiro atoms. The Bertz CT molecular complexity index is 1940. The van der Waals surface area contributed by atoms with Crippen molar-refractivity contribution in [2.24, 2.45) is 0 Å². The van der Waals surface area contributed by atoms with Crippen molar-refractivity contribution in [1.29, 1.82) is 0 Å². The first-order chi connectivity index (χ1) is 23.1. The van der Waals surface area contributed by atoms with Gasteiger partial charge in [-0.15, -0.1) is 0 Å². The average Bonchev–Trinajstić information content (AvgIpc) is 3.52. The summed E-state index contributed by atoms with van der Waals surface area (Å²) in [4.78, 5) is 17.5. The average molecular weight is 627 g/mol. The zero-order valence-corrected chi connectivity index (χ0v) is 25.5. The number of carbonyl (C=O) groups is 1. The monoisotopic (exact) mass is 626 g/mol. The number of nitrogens with one attached hydrogen (secondary N) is 2. The molecule has 9 heteroatoms. The maximum Gasteiger partial charge on any atom is 0.323 e. The van der Waals surface area contributed by atoms with Gasteiger partial charge in [-0.2, -0.15) is 0 Å². The normalized spacial score (nSPS) is 17.7. The minimum absolute atomic E-state index is 0.0186. The van der Waals surface area contributed by atoms with E-state index in [1.54, 1.807) is 24.3 Å². The summed E-state index contributed by atoms with van der Waals surface area (Å²) in [7, 11) is 0. The highest BCUT2D eigenvalue weighted by Crippen LogP contribution is 2.39. The summed E-state index contributed by atoms with van der Waals surface area (Å²) >= 11 is 0. The van der Waals surface area contributed by atoms with Gasteiger partial charge in [0.25, 0.3) is 0 Å². The highest BCUT2D eigenvalue weighted by Gasteiger charge is 2.33. The molecule has 5 aromatic carbocycles. The van der Waals surface area contributed by atoms with E-state index in [0.29, 0.717) is 30.1 Å². The lowest BCUT2D eigenvalue weighted by atomic mass is 10.00. The topological polar surface area (TPSA) is 107 Å². The largest absolute Gasteiger partial charge is 0.457 e. The molecule has 0 aliphatic carbocycles. The second-order valence-electron chi connectivity index (χ2n) is 11.4. The quantitative estimate of drug-likeness (QED) is 0.149. The van der Waals surface area contributed by atoms with Crippen LogP contribution in [0.5, 0.6) is 11.5 Å². The fourth-order valence-electron chi connectivity index (χ4n) is 5.70. The molecule has 1 aliphatic heterocycles. The van der Waals surface area contributed by atoms with Gasteiger partial charge in [-0.3, -0.25) is 0 Å². The second-order valence-corrected chi connectivity index (χ2v) is 11.4. The lowest BCUT2D eigenvalue weighted by Crippen LogP contribution is -2.32. The Morgan fingerprint density at radius 1 is 0.787 bits per heavy atom. The van der Waals surface area contributed by atoms with E-state index >= 15 is 0 Å². The van der Waals surface area contributed by atoms with Crippen LogP contribution in [-0.4, -0.2) is 26.8 Å². The van der Waals surface area contributed by atoms with E-state index in [1.807, 2.05) is 103 Å². The SMILES string of the molecule is O=C(Nc1ccc(Oc2ccccc2)cc1)Nc1cccc([C@H]2O[C@@H](Cn3cnc4ccccc43)C[C@@H](c3ccc(CO)cc3)O2)c1. The minimum atomic E-state index is -0.673. The van der Waals surface area contributed by atoms with Crippen molar-refractivity contribution in [1.82, 2.24) is 9.55 Å². The van der Waals surface area contributed by atoms with Crippen molar-refractivity contribution in [3.8, 4) is 11.5 Å². The number of imidazole rings is 1. The van der Waals surface area contributed by atoms with Crippen LogP contribution in [0.25, 0.3) is 11.0 Å². The standard InChI is InChI=1S/C38H34N4O5/c43-24-26-13-15-27(16-14-26)36-22-33(23-42-25-39-34-11-4-5-12-35(34)42)46-37(47-36)28-7-6-8-30(21-28)41-38(44)40-29-17-19-32(20-18-29)45-31-9-2-1-3-10-31/h1-21,25,33,36-37,43H,22-24H2,(H2,40,41,44)/t33-,36+,37+/m1/s1. The first-order valence-corrected chi connectivity index (χ1v) is 15.5. The maximum atomic E-state index is 12.9. The Kier molecular flexibility index (Phi) is 8.92. The van der Waals surface area contributed by atoms with Crippen LogP contribution in [0.1, 0.15) is 35.5 Å². The Labute approximate surface area is 272 Å². The lowest BCUT2D eigenvalue weighted by Gasteiger charge is -2.36. The number of amides is 2. The number of para-hydroxylation sites is 3. The number of aliphatic hydroxyl groups excluding tert-OH is 1. The molecule has 0 saturated carbocycles. The van der Waals surface area contributed by atoms with E-state index in [-0.39, 0.29) is 24.8 Å². The predicted octanol–water partition coefficient (Wildman–Crippen LogP) is 8.21. The number of carbonyl (C=O) groups excluding carboxylic acids is 1. The molecular formula is C38H34N4O5. The van der Waals surface area contributed by atoms with Crippen LogP contribution < -0.4 is 15.4 Å². The molecule has 2 amide bonds. The first-order valence-electron chi connectivity index (χ1n) is 15.5. The molecule has 2 heterocycles. The van der Waals surface area contributed by atoms with E-state index in [0.717, 1.165) is 33.5 Å². The molecule has 47 heavy (non-hydrogen) atoms. The summed E-state index contributed by atoms with van der Waals surface area (Å²) in [6, 6.07) is 39.6. The zero-order valence-electron chi connectivity index (χ0n) is 25.5. The fourth-order valence-corrected chi connectivity index (χ4v) is 5.70. The molecule has 9 nitrogen and oxygen atoms in total. The number of hydrogen-bond acceptors (Lipinski definition) is 6. The van der Waals surface area contributed by atoms with E-state index in [4.69, 9.17) is 14.2 Å². The van der Waals surface area contributed by atoms with Gasteiger partial charge in [0.2, 0.25) is 0 Å². The third kappa shape index (κ3) is 7.34. The Morgan fingerprint density at radius 3 is 2.34 bits per heavy atom. The first kappa shape index (κ1) is 30.2. The zero-order chi connectivity index (χ0) is 32.0. The number of nitrogens with zero attached hydrogens (tertiary/aromatic N) is 2. The van der Waals surface area contributed by atoms with E-state index in [2.05, 4.69) is 26.3 Å². The van der Waals surface area contributed by atoms with E-state index in [1.165, 1.54) is 0 Å². The third-order valence-corrected chi connectivity index (χ3v) is 8.05. The summed E-state index contributed by atoms with van der Waals surface area (Å²) in [5.41, 5.74) is 5.82. The van der Waals surface area contributed by atoms with Gasteiger partial charge in [-0.25, -0.2) is 9.78 Å². The van der Waals surface area contributed by atoms with Crippen molar-refractivity contribution in [2.45, 2.75) is 38.1 Å². The molecule has 1 aromatic heterocycles. The molecule has 3 atom stereocenters. The molecule has 0 radical (unpaired) electrons. The molecule has 0 bridgehead atoms. The number of ether oxygens (including phenoxy) is 3. The Morgan fingerprint density at radius 2 is 1.53 bits per heavy atom. The van der Waals surface area contributed by atoms with Crippen LogP contribution in [0.3, 0.4) is 0 Å². The van der Waals surface area contributed by atoms with Crippen LogP contribution in [0.15, 0.2) is 134 Å².